The highest BCUT2D eigenvalue weighted by molar-refractivity contribution is 7.99. The van der Waals surface area contributed by atoms with E-state index in [0.717, 1.165) is 0 Å². The van der Waals surface area contributed by atoms with Crippen LogP contribution in [-0.2, 0) is 10.5 Å². The maximum atomic E-state index is 13.7. The molecule has 0 radical (unpaired) electrons. The number of hydrogen-bond donors (Lipinski definition) is 1. The molecule has 1 atom stereocenters. The van der Waals surface area contributed by atoms with Gasteiger partial charge < -0.3 is 9.84 Å². The van der Waals surface area contributed by atoms with Gasteiger partial charge in [0.05, 0.1) is 16.9 Å². The standard InChI is InChI=1S/C15H14FN3O2S/c1-9-5-14(19-21-9)18-15(20)10(2)22-8-12-6-11(7-17)3-4-13(12)16/h3-6,10H,8H2,1-2H3,(H,18,19,20)/t10-/m1/s1. The number of carbonyl (C=O) groups excluding carboxylic acids is 1. The fourth-order valence-corrected chi connectivity index (χ4v) is 2.56. The summed E-state index contributed by atoms with van der Waals surface area (Å²) < 4.78 is 18.5. The highest BCUT2D eigenvalue weighted by atomic mass is 32.2. The molecule has 0 saturated heterocycles. The average molecular weight is 319 g/mol. The molecule has 0 saturated carbocycles. The number of carbonyl (C=O) groups is 1. The van der Waals surface area contributed by atoms with E-state index in [1.54, 1.807) is 19.9 Å². The van der Waals surface area contributed by atoms with E-state index in [4.69, 9.17) is 9.78 Å². The molecule has 2 aromatic rings. The van der Waals surface area contributed by atoms with Crippen LogP contribution in [0.25, 0.3) is 0 Å². The second kappa shape index (κ2) is 7.09. The predicted octanol–water partition coefficient (Wildman–Crippen LogP) is 3.25. The van der Waals surface area contributed by atoms with Crippen molar-refractivity contribution < 1.29 is 13.7 Å². The summed E-state index contributed by atoms with van der Waals surface area (Å²) in [5, 5.41) is 14.7. The SMILES string of the molecule is Cc1cc(NC(=O)[C@@H](C)SCc2cc(C#N)ccc2F)no1. The number of nitrogens with one attached hydrogen (secondary N) is 1. The van der Waals surface area contributed by atoms with E-state index in [0.29, 0.717) is 28.5 Å². The zero-order valence-corrected chi connectivity index (χ0v) is 12.9. The molecular formula is C15H14FN3O2S. The number of amides is 1. The van der Waals surface area contributed by atoms with E-state index in [9.17, 15) is 9.18 Å². The van der Waals surface area contributed by atoms with Crippen molar-refractivity contribution in [1.29, 1.82) is 5.26 Å². The minimum atomic E-state index is -0.401. The molecule has 1 amide bonds. The van der Waals surface area contributed by atoms with Gasteiger partial charge in [0.2, 0.25) is 5.91 Å². The van der Waals surface area contributed by atoms with Crippen molar-refractivity contribution in [2.24, 2.45) is 0 Å². The normalized spacial score (nSPS) is 11.7. The van der Waals surface area contributed by atoms with Gasteiger partial charge in [-0.05, 0) is 37.6 Å². The molecule has 2 rings (SSSR count). The third-order valence-corrected chi connectivity index (χ3v) is 4.10. The summed E-state index contributed by atoms with van der Waals surface area (Å²) in [6.45, 7) is 3.45. The summed E-state index contributed by atoms with van der Waals surface area (Å²) in [5.74, 6) is 0.633. The summed E-state index contributed by atoms with van der Waals surface area (Å²) in [4.78, 5) is 12.0. The Morgan fingerprint density at radius 1 is 1.55 bits per heavy atom. The number of thioether (sulfide) groups is 1. The lowest BCUT2D eigenvalue weighted by molar-refractivity contribution is -0.115. The summed E-state index contributed by atoms with van der Waals surface area (Å²) in [6.07, 6.45) is 0. The number of rotatable bonds is 5. The number of anilines is 1. The number of halogens is 1. The van der Waals surface area contributed by atoms with E-state index in [-0.39, 0.29) is 11.7 Å². The number of aromatic nitrogens is 1. The van der Waals surface area contributed by atoms with Crippen molar-refractivity contribution >= 4 is 23.5 Å². The lowest BCUT2D eigenvalue weighted by atomic mass is 10.1. The molecule has 114 valence electrons. The second-order valence-electron chi connectivity index (χ2n) is 4.68. The Kier molecular flexibility index (Phi) is 5.17. The smallest absolute Gasteiger partial charge is 0.238 e. The lowest BCUT2D eigenvalue weighted by Crippen LogP contribution is -2.22. The molecule has 0 bridgehead atoms. The molecule has 0 spiro atoms. The van der Waals surface area contributed by atoms with Gasteiger partial charge in [0, 0.05) is 11.8 Å². The first-order valence-corrected chi connectivity index (χ1v) is 7.59. The first kappa shape index (κ1) is 16.0. The highest BCUT2D eigenvalue weighted by Gasteiger charge is 2.16. The highest BCUT2D eigenvalue weighted by Crippen LogP contribution is 2.22. The van der Waals surface area contributed by atoms with Crippen LogP contribution in [0.3, 0.4) is 0 Å². The van der Waals surface area contributed by atoms with E-state index in [1.807, 2.05) is 6.07 Å². The molecule has 0 unspecified atom stereocenters. The first-order chi connectivity index (χ1) is 10.5. The number of nitriles is 1. The van der Waals surface area contributed by atoms with Crippen molar-refractivity contribution in [2.45, 2.75) is 24.9 Å². The second-order valence-corrected chi connectivity index (χ2v) is 6.01. The maximum absolute atomic E-state index is 13.7. The van der Waals surface area contributed by atoms with Gasteiger partial charge in [0.25, 0.3) is 0 Å². The summed E-state index contributed by atoms with van der Waals surface area (Å²) in [5.41, 5.74) is 0.799. The number of aryl methyl sites for hydroxylation is 1. The van der Waals surface area contributed by atoms with Crippen molar-refractivity contribution in [3.05, 3.63) is 47.0 Å². The van der Waals surface area contributed by atoms with Crippen LogP contribution in [0.15, 0.2) is 28.8 Å². The minimum Gasteiger partial charge on any atom is -0.360 e. The summed E-state index contributed by atoms with van der Waals surface area (Å²) >= 11 is 1.28. The number of benzene rings is 1. The molecule has 5 nitrogen and oxygen atoms in total. The topological polar surface area (TPSA) is 78.9 Å². The van der Waals surface area contributed by atoms with Crippen LogP contribution < -0.4 is 5.32 Å². The number of nitrogens with zero attached hydrogens (tertiary/aromatic N) is 2. The Labute approximate surface area is 131 Å². The van der Waals surface area contributed by atoms with Crippen LogP contribution >= 0.6 is 11.8 Å². The molecule has 7 heteroatoms. The van der Waals surface area contributed by atoms with Crippen molar-refractivity contribution in [2.75, 3.05) is 5.32 Å². The molecule has 1 aromatic heterocycles. The van der Waals surface area contributed by atoms with E-state index >= 15 is 0 Å². The Hall–Kier alpha value is -2.33. The fraction of sp³-hybridized carbons (Fsp3) is 0.267. The van der Waals surface area contributed by atoms with Gasteiger partial charge in [-0.15, -0.1) is 11.8 Å². The van der Waals surface area contributed by atoms with E-state index < -0.39 is 5.25 Å². The lowest BCUT2D eigenvalue weighted by Gasteiger charge is -2.11. The molecule has 0 aliphatic carbocycles. The third kappa shape index (κ3) is 4.09. The average Bonchev–Trinajstić information content (AvgIpc) is 2.91. The van der Waals surface area contributed by atoms with Crippen molar-refractivity contribution in [3.8, 4) is 6.07 Å². The zero-order valence-electron chi connectivity index (χ0n) is 12.1. The molecule has 1 aromatic carbocycles. The molecule has 0 aliphatic heterocycles. The summed E-state index contributed by atoms with van der Waals surface area (Å²) in [7, 11) is 0. The van der Waals surface area contributed by atoms with Crippen LogP contribution in [-0.4, -0.2) is 16.3 Å². The molecule has 0 fully saturated rings. The van der Waals surface area contributed by atoms with Gasteiger partial charge >= 0.3 is 0 Å². The number of hydrogen-bond acceptors (Lipinski definition) is 5. The van der Waals surface area contributed by atoms with Crippen LogP contribution in [0.4, 0.5) is 10.2 Å². The van der Waals surface area contributed by atoms with Gasteiger partial charge in [0.15, 0.2) is 5.82 Å². The monoisotopic (exact) mass is 319 g/mol. The van der Waals surface area contributed by atoms with Gasteiger partial charge in [-0.1, -0.05) is 5.16 Å². The maximum Gasteiger partial charge on any atom is 0.238 e. The van der Waals surface area contributed by atoms with Crippen molar-refractivity contribution in [1.82, 2.24) is 5.16 Å². The quantitative estimate of drug-likeness (QED) is 0.915. The zero-order chi connectivity index (χ0) is 16.1. The molecule has 0 aliphatic rings. The Morgan fingerprint density at radius 2 is 2.32 bits per heavy atom. The van der Waals surface area contributed by atoms with Crippen LogP contribution in [0.5, 0.6) is 0 Å². The molecular weight excluding hydrogens is 305 g/mol. The Bertz CT molecular complexity index is 724. The molecule has 1 N–H and O–H groups in total. The largest absolute Gasteiger partial charge is 0.360 e. The van der Waals surface area contributed by atoms with Crippen molar-refractivity contribution in [3.63, 3.8) is 0 Å². The predicted molar refractivity (Wildman–Crippen MR) is 81.7 cm³/mol. The van der Waals surface area contributed by atoms with Crippen LogP contribution in [0.2, 0.25) is 0 Å². The first-order valence-electron chi connectivity index (χ1n) is 6.54. The van der Waals surface area contributed by atoms with Crippen LogP contribution in [0, 0.1) is 24.1 Å². The minimum absolute atomic E-state index is 0.241. The Morgan fingerprint density at radius 3 is 2.95 bits per heavy atom. The van der Waals surface area contributed by atoms with Gasteiger partial charge in [-0.3, -0.25) is 4.79 Å². The van der Waals surface area contributed by atoms with E-state index in [2.05, 4.69) is 10.5 Å². The molecule has 22 heavy (non-hydrogen) atoms. The van der Waals surface area contributed by atoms with Gasteiger partial charge in [0.1, 0.15) is 11.6 Å². The van der Waals surface area contributed by atoms with Gasteiger partial charge in [-0.25, -0.2) is 4.39 Å². The Balaban J connectivity index is 1.93. The summed E-state index contributed by atoms with van der Waals surface area (Å²) in [6, 6.07) is 7.76. The van der Waals surface area contributed by atoms with Crippen LogP contribution in [0.1, 0.15) is 23.8 Å². The third-order valence-electron chi connectivity index (χ3n) is 2.91. The van der Waals surface area contributed by atoms with E-state index in [1.165, 1.54) is 30.0 Å². The van der Waals surface area contributed by atoms with Gasteiger partial charge in [-0.2, -0.15) is 5.26 Å². The molecule has 1 heterocycles. The fourth-order valence-electron chi connectivity index (χ4n) is 1.70.